The van der Waals surface area contributed by atoms with E-state index in [-0.39, 0.29) is 18.4 Å². The summed E-state index contributed by atoms with van der Waals surface area (Å²) in [6, 6.07) is 0. The second kappa shape index (κ2) is 10.0. The fraction of sp³-hybridized carbons (Fsp3) is 0.500. The third-order valence-corrected chi connectivity index (χ3v) is 0.614. The van der Waals surface area contributed by atoms with Crippen molar-refractivity contribution in [2.24, 2.45) is 0 Å². The maximum absolute atomic E-state index is 10.6. The largest absolute Gasteiger partial charge is 0.481 e. The van der Waals surface area contributed by atoms with Crippen LogP contribution in [-0.2, 0) is 14.4 Å². The van der Waals surface area contributed by atoms with Crippen LogP contribution in [0.25, 0.3) is 0 Å². The molecule has 0 aromatic rings. The molecule has 0 spiro atoms. The van der Waals surface area contributed by atoms with E-state index in [4.69, 9.17) is 9.90 Å². The van der Waals surface area contributed by atoms with E-state index >= 15 is 0 Å². The lowest BCUT2D eigenvalue weighted by Gasteiger charge is -2.08. The topological polar surface area (TPSA) is 66.8 Å². The van der Waals surface area contributed by atoms with Gasteiger partial charge in [-0.2, -0.15) is 0 Å². The summed E-state index contributed by atoms with van der Waals surface area (Å²) in [5.74, 6) is -1.22. The number of carboxylic acids is 1. The van der Waals surface area contributed by atoms with Crippen molar-refractivity contribution in [3.8, 4) is 0 Å². The second-order valence-corrected chi connectivity index (χ2v) is 2.49. The molecule has 0 unspecified atom stereocenters. The van der Waals surface area contributed by atoms with E-state index in [0.717, 1.165) is 6.92 Å². The lowest BCUT2D eigenvalue weighted by atomic mass is 10.4. The van der Waals surface area contributed by atoms with Gasteiger partial charge in [0.1, 0.15) is 0 Å². The van der Waals surface area contributed by atoms with Crippen LogP contribution in [0.15, 0.2) is 12.2 Å². The van der Waals surface area contributed by atoms with Gasteiger partial charge in [0, 0.05) is 26.6 Å². The summed E-state index contributed by atoms with van der Waals surface area (Å²) in [5.41, 5.74) is 0.406. The summed E-state index contributed by atoms with van der Waals surface area (Å²) < 4.78 is 0. The molecule has 0 aliphatic rings. The van der Waals surface area contributed by atoms with Gasteiger partial charge in [0.15, 0.2) is 0 Å². The molecule has 0 saturated heterocycles. The molecule has 0 bridgehead atoms. The zero-order chi connectivity index (χ0) is 11.0. The Balaban J connectivity index is -0.000000209. The van der Waals surface area contributed by atoms with E-state index in [1.54, 1.807) is 21.0 Å². The van der Waals surface area contributed by atoms with Crippen molar-refractivity contribution >= 4 is 24.3 Å². The molecule has 0 atom stereocenters. The molecule has 14 heavy (non-hydrogen) atoms. The van der Waals surface area contributed by atoms with Crippen LogP contribution < -0.4 is 0 Å². The minimum absolute atomic E-state index is 0. The summed E-state index contributed by atoms with van der Waals surface area (Å²) in [6.45, 7) is 6.09. The van der Waals surface area contributed by atoms with E-state index in [1.165, 1.54) is 5.06 Å². The van der Waals surface area contributed by atoms with Gasteiger partial charge in [-0.1, -0.05) is 6.58 Å². The highest BCUT2D eigenvalue weighted by atomic mass is 35.5. The van der Waals surface area contributed by atoms with Crippen LogP contribution in [0.3, 0.4) is 0 Å². The molecule has 0 fully saturated rings. The van der Waals surface area contributed by atoms with Crippen molar-refractivity contribution < 1.29 is 19.5 Å². The summed E-state index contributed by atoms with van der Waals surface area (Å²) in [7, 11) is 3.28. The Labute approximate surface area is 89.7 Å². The number of hydroxylamine groups is 2. The number of carbonyl (C=O) groups is 2. The molecule has 0 amide bonds. The Kier molecular flexibility index (Phi) is 13.3. The zero-order valence-electron chi connectivity index (χ0n) is 8.73. The van der Waals surface area contributed by atoms with Crippen LogP contribution in [-0.4, -0.2) is 36.2 Å². The minimum Gasteiger partial charge on any atom is -0.481 e. The third-order valence-electron chi connectivity index (χ3n) is 0.614. The normalized spacial score (nSPS) is 7.79. The molecule has 6 heteroatoms. The third kappa shape index (κ3) is 22.4. The molecular weight excluding hydrogens is 210 g/mol. The van der Waals surface area contributed by atoms with Crippen molar-refractivity contribution in [2.45, 2.75) is 13.8 Å². The molecule has 0 saturated carbocycles. The Bertz CT molecular complexity index is 200. The predicted octanol–water partition coefficient (Wildman–Crippen LogP) is 1.09. The Hall–Kier alpha value is -1.07. The summed E-state index contributed by atoms with van der Waals surface area (Å²) in [4.78, 5) is 24.2. The monoisotopic (exact) mass is 225 g/mol. The Morgan fingerprint density at radius 3 is 1.64 bits per heavy atom. The molecule has 0 rings (SSSR count). The van der Waals surface area contributed by atoms with Crippen LogP contribution in [0.5, 0.6) is 0 Å². The van der Waals surface area contributed by atoms with Gasteiger partial charge in [0.05, 0.1) is 0 Å². The highest BCUT2D eigenvalue weighted by Crippen LogP contribution is 1.91. The number of hydrogen-bond donors (Lipinski definition) is 1. The zero-order valence-corrected chi connectivity index (χ0v) is 9.55. The predicted molar refractivity (Wildman–Crippen MR) is 55.2 cm³/mol. The maximum Gasteiger partial charge on any atom is 0.351 e. The first-order valence-corrected chi connectivity index (χ1v) is 3.52. The van der Waals surface area contributed by atoms with Gasteiger partial charge in [-0.15, -0.1) is 17.5 Å². The van der Waals surface area contributed by atoms with Gasteiger partial charge in [0.25, 0.3) is 5.97 Å². The fourth-order valence-corrected chi connectivity index (χ4v) is 0.244. The molecule has 0 heterocycles. The quantitative estimate of drug-likeness (QED) is 0.563. The van der Waals surface area contributed by atoms with Crippen LogP contribution in [0, 0.1) is 0 Å². The van der Waals surface area contributed by atoms with Crippen molar-refractivity contribution in [3.05, 3.63) is 12.2 Å². The van der Waals surface area contributed by atoms with E-state index in [9.17, 15) is 4.79 Å². The molecule has 0 radical (unpaired) electrons. The highest BCUT2D eigenvalue weighted by Gasteiger charge is 2.02. The van der Waals surface area contributed by atoms with E-state index < -0.39 is 5.97 Å². The van der Waals surface area contributed by atoms with Crippen LogP contribution in [0.2, 0.25) is 0 Å². The van der Waals surface area contributed by atoms with E-state index in [0.29, 0.717) is 5.57 Å². The van der Waals surface area contributed by atoms with E-state index in [2.05, 4.69) is 11.4 Å². The SMILES string of the molecule is C=C(C)C(=O)ON(C)C.CC(=O)O.Cl. The number of aliphatic carboxylic acids is 1. The van der Waals surface area contributed by atoms with Crippen molar-refractivity contribution in [1.29, 1.82) is 0 Å². The number of rotatable bonds is 2. The first-order valence-electron chi connectivity index (χ1n) is 3.52. The molecule has 5 nitrogen and oxygen atoms in total. The molecule has 0 aliphatic carbocycles. The molecule has 0 aliphatic heterocycles. The number of hydrogen-bond acceptors (Lipinski definition) is 4. The summed E-state index contributed by atoms with van der Waals surface area (Å²) in [5, 5.41) is 8.75. The maximum atomic E-state index is 10.6. The van der Waals surface area contributed by atoms with Gasteiger partial charge < -0.3 is 9.94 Å². The lowest BCUT2D eigenvalue weighted by Crippen LogP contribution is -2.18. The summed E-state index contributed by atoms with van der Waals surface area (Å²) >= 11 is 0. The van der Waals surface area contributed by atoms with Crippen molar-refractivity contribution in [3.63, 3.8) is 0 Å². The number of halogens is 1. The van der Waals surface area contributed by atoms with Crippen LogP contribution in [0.4, 0.5) is 0 Å². The average Bonchev–Trinajstić information content (AvgIpc) is 1.83. The smallest absolute Gasteiger partial charge is 0.351 e. The molecule has 0 aromatic heterocycles. The molecule has 0 aromatic carbocycles. The first-order chi connectivity index (χ1) is 5.77. The number of nitrogens with zero attached hydrogens (tertiary/aromatic N) is 1. The fourth-order valence-electron chi connectivity index (χ4n) is 0.244. The van der Waals surface area contributed by atoms with E-state index in [1.807, 2.05) is 0 Å². The van der Waals surface area contributed by atoms with Gasteiger partial charge in [-0.3, -0.25) is 4.79 Å². The van der Waals surface area contributed by atoms with Gasteiger partial charge in [-0.05, 0) is 6.92 Å². The number of carboxylic acid groups (broad SMARTS) is 1. The second-order valence-electron chi connectivity index (χ2n) is 2.49. The lowest BCUT2D eigenvalue weighted by molar-refractivity contribution is -0.172. The Morgan fingerprint density at radius 1 is 1.29 bits per heavy atom. The minimum atomic E-state index is -0.833. The molecule has 1 N–H and O–H groups in total. The van der Waals surface area contributed by atoms with Crippen molar-refractivity contribution in [1.82, 2.24) is 5.06 Å². The molecular formula is C8H16ClNO4. The number of carbonyl (C=O) groups excluding carboxylic acids is 1. The average molecular weight is 226 g/mol. The standard InChI is InChI=1S/C6H11NO2.C2H4O2.ClH/c1-5(2)6(8)9-7(3)4;1-2(3)4;/h1H2,2-4H3;1H3,(H,3,4);1H. The van der Waals surface area contributed by atoms with Crippen LogP contribution >= 0.6 is 12.4 Å². The van der Waals surface area contributed by atoms with Crippen LogP contribution in [0.1, 0.15) is 13.8 Å². The van der Waals surface area contributed by atoms with Gasteiger partial charge >= 0.3 is 5.97 Å². The van der Waals surface area contributed by atoms with Gasteiger partial charge in [0.2, 0.25) is 0 Å². The highest BCUT2D eigenvalue weighted by molar-refractivity contribution is 5.86. The summed E-state index contributed by atoms with van der Waals surface area (Å²) in [6.07, 6.45) is 0. The first kappa shape index (κ1) is 18.7. The Morgan fingerprint density at radius 2 is 1.57 bits per heavy atom. The van der Waals surface area contributed by atoms with Crippen molar-refractivity contribution in [2.75, 3.05) is 14.1 Å². The van der Waals surface area contributed by atoms with Gasteiger partial charge in [-0.25, -0.2) is 4.79 Å². The molecule has 84 valence electrons.